The van der Waals surface area contributed by atoms with E-state index >= 15 is 0 Å². The Hall–Kier alpha value is -2.56. The number of aromatic nitrogens is 3. The first kappa shape index (κ1) is 18.8. The maximum absolute atomic E-state index is 14.0. The number of halogens is 3. The summed E-state index contributed by atoms with van der Waals surface area (Å²) in [4.78, 5) is 24.0. The first-order valence-corrected chi connectivity index (χ1v) is 8.88. The molecule has 0 radical (unpaired) electrons. The van der Waals surface area contributed by atoms with Crippen LogP contribution in [0.4, 0.5) is 24.9 Å². The predicted molar refractivity (Wildman–Crippen MR) is 93.3 cm³/mol. The zero-order valence-electron chi connectivity index (χ0n) is 15.4. The Balaban J connectivity index is 1.81. The highest BCUT2D eigenvalue weighted by molar-refractivity contribution is 5.50. The van der Waals surface area contributed by atoms with E-state index in [4.69, 9.17) is 9.15 Å². The van der Waals surface area contributed by atoms with Crippen molar-refractivity contribution in [2.24, 2.45) is 0 Å². The van der Waals surface area contributed by atoms with Crippen molar-refractivity contribution in [3.05, 3.63) is 34.8 Å². The molecule has 0 amide bonds. The Morgan fingerprint density at radius 1 is 1.39 bits per heavy atom. The smallest absolute Gasteiger partial charge is 0.413 e. The van der Waals surface area contributed by atoms with E-state index in [-0.39, 0.29) is 18.5 Å². The fourth-order valence-corrected chi connectivity index (χ4v) is 3.63. The van der Waals surface area contributed by atoms with Gasteiger partial charge in [0.05, 0.1) is 38.0 Å². The van der Waals surface area contributed by atoms with E-state index < -0.39 is 23.8 Å². The minimum absolute atomic E-state index is 0.0241. The summed E-state index contributed by atoms with van der Waals surface area (Å²) in [6.07, 6.45) is -2.14. The summed E-state index contributed by atoms with van der Waals surface area (Å²) >= 11 is 0. The van der Waals surface area contributed by atoms with Gasteiger partial charge in [0.15, 0.2) is 11.9 Å². The first-order chi connectivity index (χ1) is 13.2. The molecular formula is C17H20F3N5O3. The van der Waals surface area contributed by atoms with Crippen molar-refractivity contribution < 1.29 is 22.3 Å². The molecule has 0 bridgehead atoms. The molecule has 0 saturated carbocycles. The second-order valence-electron chi connectivity index (χ2n) is 7.29. The summed E-state index contributed by atoms with van der Waals surface area (Å²) in [6.45, 7) is 3.71. The molecule has 1 saturated heterocycles. The second-order valence-corrected chi connectivity index (χ2v) is 7.29. The van der Waals surface area contributed by atoms with Gasteiger partial charge in [-0.25, -0.2) is 4.98 Å². The van der Waals surface area contributed by atoms with Crippen LogP contribution in [-0.2, 0) is 17.8 Å². The molecular weight excluding hydrogens is 379 g/mol. The van der Waals surface area contributed by atoms with Crippen LogP contribution in [-0.4, -0.2) is 52.1 Å². The maximum Gasteiger partial charge on any atom is 0.413 e. The van der Waals surface area contributed by atoms with Crippen LogP contribution in [0.3, 0.4) is 0 Å². The number of anilines is 2. The molecule has 2 aliphatic heterocycles. The lowest BCUT2D eigenvalue weighted by Crippen LogP contribution is -2.55. The summed E-state index contributed by atoms with van der Waals surface area (Å²) in [5, 5.41) is 0. The number of morpholine rings is 1. The van der Waals surface area contributed by atoms with Gasteiger partial charge in [0.1, 0.15) is 12.1 Å². The molecule has 0 unspecified atom stereocenters. The van der Waals surface area contributed by atoms with E-state index in [1.165, 1.54) is 12.3 Å². The lowest BCUT2D eigenvalue weighted by molar-refractivity contribution is -0.182. The minimum Gasteiger partial charge on any atom is -0.451 e. The third kappa shape index (κ3) is 2.93. The molecule has 4 rings (SSSR count). The van der Waals surface area contributed by atoms with Gasteiger partial charge < -0.3 is 19.0 Å². The number of hydrogen-bond donors (Lipinski definition) is 0. The number of nitrogens with zero attached hydrogens (tertiary/aromatic N) is 5. The quantitative estimate of drug-likeness (QED) is 0.779. The average Bonchev–Trinajstić information content (AvgIpc) is 3.23. The Morgan fingerprint density at radius 2 is 2.18 bits per heavy atom. The van der Waals surface area contributed by atoms with E-state index in [9.17, 15) is 18.0 Å². The van der Waals surface area contributed by atoms with Crippen molar-refractivity contribution in [3.63, 3.8) is 0 Å². The maximum atomic E-state index is 14.0. The number of alkyl halides is 3. The van der Waals surface area contributed by atoms with Crippen molar-refractivity contribution in [2.45, 2.75) is 44.7 Å². The molecule has 152 valence electrons. The summed E-state index contributed by atoms with van der Waals surface area (Å²) in [7, 11) is 0. The minimum atomic E-state index is -4.58. The molecule has 4 heterocycles. The summed E-state index contributed by atoms with van der Waals surface area (Å²) in [6, 6.07) is 1.25. The van der Waals surface area contributed by atoms with Crippen molar-refractivity contribution >= 4 is 11.8 Å². The number of fused-ring (bicyclic) bond motifs is 1. The van der Waals surface area contributed by atoms with Gasteiger partial charge in [0.25, 0.3) is 5.56 Å². The third-order valence-corrected chi connectivity index (χ3v) is 5.35. The van der Waals surface area contributed by atoms with Crippen LogP contribution < -0.4 is 15.4 Å². The van der Waals surface area contributed by atoms with Crippen LogP contribution in [0.5, 0.6) is 0 Å². The molecule has 28 heavy (non-hydrogen) atoms. The van der Waals surface area contributed by atoms with Crippen molar-refractivity contribution in [1.29, 1.82) is 0 Å². The topological polar surface area (TPSA) is 76.6 Å². The fraction of sp³-hybridized carbons (Fsp3) is 0.588. The Labute approximate surface area is 158 Å². The largest absolute Gasteiger partial charge is 0.451 e. The molecule has 1 fully saturated rings. The van der Waals surface area contributed by atoms with Crippen molar-refractivity contribution in [2.75, 3.05) is 29.6 Å². The molecule has 8 nitrogen and oxygen atoms in total. The molecule has 0 spiro atoms. The van der Waals surface area contributed by atoms with Crippen LogP contribution in [0.15, 0.2) is 27.9 Å². The van der Waals surface area contributed by atoms with E-state index in [0.29, 0.717) is 31.3 Å². The van der Waals surface area contributed by atoms with E-state index in [2.05, 4.69) is 9.97 Å². The lowest BCUT2D eigenvalue weighted by Gasteiger charge is -2.37. The van der Waals surface area contributed by atoms with Gasteiger partial charge in [-0.3, -0.25) is 9.36 Å². The summed E-state index contributed by atoms with van der Waals surface area (Å²) in [5.41, 5.74) is -2.49. The number of oxazole rings is 1. The SMILES string of the molecule is C[C@@H]1COCCN1c1cc(=O)n2c(n1)N(Cc1cocn1)[C@](C)(C(F)(F)F)C2. The summed E-state index contributed by atoms with van der Waals surface area (Å²) < 4.78 is 53.3. The Morgan fingerprint density at radius 3 is 2.82 bits per heavy atom. The molecule has 11 heteroatoms. The van der Waals surface area contributed by atoms with Gasteiger partial charge in [-0.2, -0.15) is 18.2 Å². The predicted octanol–water partition coefficient (Wildman–Crippen LogP) is 1.80. The monoisotopic (exact) mass is 399 g/mol. The molecule has 2 atom stereocenters. The molecule has 0 aromatic carbocycles. The average molecular weight is 399 g/mol. The van der Waals surface area contributed by atoms with Gasteiger partial charge >= 0.3 is 6.18 Å². The van der Waals surface area contributed by atoms with E-state index in [0.717, 1.165) is 22.8 Å². The van der Waals surface area contributed by atoms with Crippen molar-refractivity contribution in [1.82, 2.24) is 14.5 Å². The van der Waals surface area contributed by atoms with Gasteiger partial charge in [-0.15, -0.1) is 0 Å². The van der Waals surface area contributed by atoms with Crippen LogP contribution in [0.2, 0.25) is 0 Å². The highest BCUT2D eigenvalue weighted by Crippen LogP contribution is 2.44. The number of hydrogen-bond acceptors (Lipinski definition) is 7. The molecule has 2 aromatic heterocycles. The summed E-state index contributed by atoms with van der Waals surface area (Å²) in [5.74, 6) is 0.327. The van der Waals surface area contributed by atoms with Crippen LogP contribution in [0.25, 0.3) is 0 Å². The fourth-order valence-electron chi connectivity index (χ4n) is 3.63. The van der Waals surface area contributed by atoms with Gasteiger partial charge in [0, 0.05) is 12.6 Å². The highest BCUT2D eigenvalue weighted by atomic mass is 19.4. The molecule has 2 aliphatic rings. The molecule has 2 aromatic rings. The second kappa shape index (κ2) is 6.50. The van der Waals surface area contributed by atoms with E-state index in [1.54, 1.807) is 0 Å². The number of ether oxygens (including phenoxy) is 1. The van der Waals surface area contributed by atoms with Crippen LogP contribution in [0, 0.1) is 0 Å². The van der Waals surface area contributed by atoms with Gasteiger partial charge in [-0.1, -0.05) is 0 Å². The van der Waals surface area contributed by atoms with Crippen LogP contribution in [0.1, 0.15) is 19.5 Å². The Bertz CT molecular complexity index is 914. The number of rotatable bonds is 3. The first-order valence-electron chi connectivity index (χ1n) is 8.88. The normalized spacial score (nSPS) is 25.2. The lowest BCUT2D eigenvalue weighted by atomic mass is 10.0. The standard InChI is InChI=1S/C17H20F3N5O3/c1-11-7-27-4-3-23(11)13-5-14(26)24-9-16(2,17(18,19)20)25(15(24)22-13)6-12-8-28-10-21-12/h5,8,10-11H,3-4,6-7,9H2,1-2H3/t11-,16+/m1/s1. The zero-order chi connectivity index (χ0) is 20.1. The van der Waals surface area contributed by atoms with E-state index in [1.807, 2.05) is 11.8 Å². The highest BCUT2D eigenvalue weighted by Gasteiger charge is 2.60. The zero-order valence-corrected chi connectivity index (χ0v) is 15.4. The van der Waals surface area contributed by atoms with Crippen molar-refractivity contribution in [3.8, 4) is 0 Å². The molecule has 0 N–H and O–H groups in total. The Kier molecular flexibility index (Phi) is 4.36. The third-order valence-electron chi connectivity index (χ3n) is 5.35. The molecule has 0 aliphatic carbocycles. The van der Waals surface area contributed by atoms with Crippen LogP contribution >= 0.6 is 0 Å². The van der Waals surface area contributed by atoms with Gasteiger partial charge in [0.2, 0.25) is 5.95 Å². The van der Waals surface area contributed by atoms with Gasteiger partial charge in [-0.05, 0) is 13.8 Å².